The smallest absolute Gasteiger partial charge is 0.183 e. The maximum Gasteiger partial charge on any atom is 0.183 e. The highest BCUT2D eigenvalue weighted by Gasteiger charge is 2.19. The van der Waals surface area contributed by atoms with E-state index in [0.29, 0.717) is 29.4 Å². The van der Waals surface area contributed by atoms with Gasteiger partial charge in [0.2, 0.25) is 0 Å². The lowest BCUT2D eigenvalue weighted by Gasteiger charge is -2.13. The van der Waals surface area contributed by atoms with Gasteiger partial charge < -0.3 is 15.2 Å². The molecule has 0 amide bonds. The van der Waals surface area contributed by atoms with Crippen molar-refractivity contribution in [3.05, 3.63) is 28.8 Å². The lowest BCUT2D eigenvalue weighted by Crippen LogP contribution is -2.31. The van der Waals surface area contributed by atoms with Crippen LogP contribution in [0, 0.1) is 0 Å². The predicted molar refractivity (Wildman–Crippen MR) is 71.4 cm³/mol. The molecule has 0 spiro atoms. The van der Waals surface area contributed by atoms with E-state index >= 15 is 0 Å². The van der Waals surface area contributed by atoms with E-state index in [-0.39, 0.29) is 5.78 Å². The van der Waals surface area contributed by atoms with Crippen molar-refractivity contribution in [2.45, 2.75) is 18.9 Å². The van der Waals surface area contributed by atoms with Gasteiger partial charge in [-0.05, 0) is 31.0 Å². The summed E-state index contributed by atoms with van der Waals surface area (Å²) in [5.41, 5.74) is 6.29. The van der Waals surface area contributed by atoms with Crippen LogP contribution in [0.25, 0.3) is 0 Å². The zero-order valence-electron chi connectivity index (χ0n) is 10.6. The first-order chi connectivity index (χ1) is 8.60. The van der Waals surface area contributed by atoms with Crippen molar-refractivity contribution in [2.24, 2.45) is 5.73 Å². The van der Waals surface area contributed by atoms with Crippen LogP contribution in [0.4, 0.5) is 0 Å². The zero-order chi connectivity index (χ0) is 13.5. The normalized spacial score (nSPS) is 12.2. The second-order valence-corrected chi connectivity index (χ2v) is 4.39. The third-order valence-electron chi connectivity index (χ3n) is 2.63. The topological polar surface area (TPSA) is 61.5 Å². The quantitative estimate of drug-likeness (QED) is 0.610. The molecule has 18 heavy (non-hydrogen) atoms. The molecule has 1 unspecified atom stereocenters. The Morgan fingerprint density at radius 1 is 1.44 bits per heavy atom. The molecule has 1 rings (SSSR count). The third kappa shape index (κ3) is 3.98. The number of carbonyl (C=O) groups is 1. The Kier molecular flexibility index (Phi) is 6.12. The van der Waals surface area contributed by atoms with Crippen LogP contribution in [-0.2, 0) is 4.74 Å². The molecule has 0 aliphatic rings. The number of halogens is 1. The molecular weight excluding hydrogens is 254 g/mol. The highest BCUT2D eigenvalue weighted by molar-refractivity contribution is 6.31. The summed E-state index contributed by atoms with van der Waals surface area (Å²) in [5, 5.41) is 0.489. The number of ether oxygens (including phenoxy) is 2. The number of Topliss-reactive ketones (excluding diaryl/α,β-unsaturated/α-hetero) is 1. The van der Waals surface area contributed by atoms with Gasteiger partial charge in [0, 0.05) is 18.7 Å². The van der Waals surface area contributed by atoms with E-state index in [1.54, 1.807) is 25.3 Å². The molecule has 100 valence electrons. The average Bonchev–Trinajstić information content (AvgIpc) is 2.38. The maximum atomic E-state index is 12.2. The van der Waals surface area contributed by atoms with Crippen LogP contribution in [0.15, 0.2) is 18.2 Å². The third-order valence-corrected chi connectivity index (χ3v) is 2.86. The molecule has 0 radical (unpaired) electrons. The summed E-state index contributed by atoms with van der Waals surface area (Å²) < 4.78 is 10.1. The molecule has 0 aliphatic heterocycles. The number of carbonyl (C=O) groups excluding carboxylic acids is 1. The number of ketones is 1. The Hall–Kier alpha value is -1.10. The second-order valence-electron chi connectivity index (χ2n) is 3.95. The van der Waals surface area contributed by atoms with Gasteiger partial charge in [0.1, 0.15) is 5.75 Å². The Morgan fingerprint density at radius 3 is 2.78 bits per heavy atom. The molecule has 5 heteroatoms. The zero-order valence-corrected chi connectivity index (χ0v) is 11.4. The van der Waals surface area contributed by atoms with Crippen LogP contribution >= 0.6 is 11.6 Å². The minimum atomic E-state index is -0.562. The Labute approximate surface area is 112 Å². The van der Waals surface area contributed by atoms with Gasteiger partial charge in [0.05, 0.1) is 18.7 Å². The standard InChI is InChI=1S/C13H18ClNO3/c1-17-7-3-4-11(15)13(16)10-8-9(14)5-6-12(10)18-2/h5-6,8,11H,3-4,7,15H2,1-2H3. The Balaban J connectivity index is 2.79. The first kappa shape index (κ1) is 15.0. The number of benzene rings is 1. The maximum absolute atomic E-state index is 12.2. The van der Waals surface area contributed by atoms with Crippen molar-refractivity contribution in [3.63, 3.8) is 0 Å². The fourth-order valence-corrected chi connectivity index (χ4v) is 1.82. The number of nitrogens with two attached hydrogens (primary N) is 1. The van der Waals surface area contributed by atoms with Crippen molar-refractivity contribution < 1.29 is 14.3 Å². The molecule has 0 aromatic heterocycles. The van der Waals surface area contributed by atoms with Crippen LogP contribution < -0.4 is 10.5 Å². The molecule has 0 heterocycles. The number of hydrogen-bond donors (Lipinski definition) is 1. The van der Waals surface area contributed by atoms with Gasteiger partial charge in [-0.3, -0.25) is 4.79 Å². The Morgan fingerprint density at radius 2 is 2.17 bits per heavy atom. The SMILES string of the molecule is COCCCC(N)C(=O)c1cc(Cl)ccc1OC. The number of hydrogen-bond acceptors (Lipinski definition) is 4. The molecule has 0 aliphatic carbocycles. The van der Waals surface area contributed by atoms with Gasteiger partial charge in [-0.25, -0.2) is 0 Å². The summed E-state index contributed by atoms with van der Waals surface area (Å²) in [7, 11) is 3.13. The van der Waals surface area contributed by atoms with Crippen molar-refractivity contribution in [1.29, 1.82) is 0 Å². The highest BCUT2D eigenvalue weighted by atomic mass is 35.5. The largest absolute Gasteiger partial charge is 0.496 e. The Bertz CT molecular complexity index is 409. The van der Waals surface area contributed by atoms with Gasteiger partial charge >= 0.3 is 0 Å². The number of rotatable bonds is 7. The monoisotopic (exact) mass is 271 g/mol. The molecule has 0 saturated heterocycles. The summed E-state index contributed by atoms with van der Waals surface area (Å²) in [5.74, 6) is 0.331. The van der Waals surface area contributed by atoms with Crippen molar-refractivity contribution in [2.75, 3.05) is 20.8 Å². The number of methoxy groups -OCH3 is 2. The summed E-state index contributed by atoms with van der Waals surface area (Å²) in [4.78, 5) is 12.2. The first-order valence-electron chi connectivity index (χ1n) is 5.72. The van der Waals surface area contributed by atoms with E-state index in [1.165, 1.54) is 7.11 Å². The molecular formula is C13H18ClNO3. The van der Waals surface area contributed by atoms with Gasteiger partial charge in [-0.1, -0.05) is 11.6 Å². The predicted octanol–water partition coefficient (Wildman–Crippen LogP) is 2.29. The van der Waals surface area contributed by atoms with Crippen LogP contribution in [0.3, 0.4) is 0 Å². The fraction of sp³-hybridized carbons (Fsp3) is 0.462. The minimum absolute atomic E-state index is 0.162. The van der Waals surface area contributed by atoms with E-state index in [2.05, 4.69) is 0 Å². The van der Waals surface area contributed by atoms with Gasteiger partial charge in [0.25, 0.3) is 0 Å². The minimum Gasteiger partial charge on any atom is -0.496 e. The summed E-state index contributed by atoms with van der Waals surface area (Å²) in [6, 6.07) is 4.36. The summed E-state index contributed by atoms with van der Waals surface area (Å²) >= 11 is 5.88. The molecule has 4 nitrogen and oxygen atoms in total. The summed E-state index contributed by atoms with van der Waals surface area (Å²) in [6.07, 6.45) is 1.31. The van der Waals surface area contributed by atoms with E-state index in [1.807, 2.05) is 0 Å². The second kappa shape index (κ2) is 7.36. The fourth-order valence-electron chi connectivity index (χ4n) is 1.65. The average molecular weight is 272 g/mol. The van der Waals surface area contributed by atoms with Crippen LogP contribution in [0.5, 0.6) is 5.75 Å². The van der Waals surface area contributed by atoms with Gasteiger partial charge in [-0.15, -0.1) is 0 Å². The van der Waals surface area contributed by atoms with Crippen LogP contribution in [-0.4, -0.2) is 32.7 Å². The van der Waals surface area contributed by atoms with Crippen LogP contribution in [0.1, 0.15) is 23.2 Å². The van der Waals surface area contributed by atoms with Crippen molar-refractivity contribution in [3.8, 4) is 5.75 Å². The van der Waals surface area contributed by atoms with E-state index in [0.717, 1.165) is 6.42 Å². The molecule has 1 aromatic carbocycles. The van der Waals surface area contributed by atoms with Crippen molar-refractivity contribution >= 4 is 17.4 Å². The molecule has 2 N–H and O–H groups in total. The molecule has 1 aromatic rings. The van der Waals surface area contributed by atoms with Crippen molar-refractivity contribution in [1.82, 2.24) is 0 Å². The van der Waals surface area contributed by atoms with E-state index in [4.69, 9.17) is 26.8 Å². The molecule has 1 atom stereocenters. The lowest BCUT2D eigenvalue weighted by molar-refractivity contribution is 0.0947. The molecule has 0 fully saturated rings. The van der Waals surface area contributed by atoms with E-state index in [9.17, 15) is 4.79 Å². The molecule has 0 saturated carbocycles. The lowest BCUT2D eigenvalue weighted by atomic mass is 10.0. The highest BCUT2D eigenvalue weighted by Crippen LogP contribution is 2.24. The van der Waals surface area contributed by atoms with Crippen LogP contribution in [0.2, 0.25) is 5.02 Å². The van der Waals surface area contributed by atoms with E-state index < -0.39 is 6.04 Å². The summed E-state index contributed by atoms with van der Waals surface area (Å²) in [6.45, 7) is 0.591. The van der Waals surface area contributed by atoms with Gasteiger partial charge in [0.15, 0.2) is 5.78 Å². The first-order valence-corrected chi connectivity index (χ1v) is 6.10. The molecule has 0 bridgehead atoms. The van der Waals surface area contributed by atoms with Gasteiger partial charge in [-0.2, -0.15) is 0 Å².